The van der Waals surface area contributed by atoms with Gasteiger partial charge in [-0.15, -0.1) is 0 Å². The van der Waals surface area contributed by atoms with E-state index < -0.39 is 19.5 Å². The quantitative estimate of drug-likeness (QED) is 0.0286. The molecule has 2 atom stereocenters. The van der Waals surface area contributed by atoms with Gasteiger partial charge in [0.1, 0.15) is 0 Å². The summed E-state index contributed by atoms with van der Waals surface area (Å²) in [7, 11) is -5.47. The number of unbranched alkanes of at least 4 members (excludes halogenated alkanes) is 28. The van der Waals surface area contributed by atoms with Crippen LogP contribution in [0.5, 0.6) is 0 Å². The molecule has 0 saturated heterocycles. The third kappa shape index (κ3) is 32.5. The number of hydrogen-bond acceptors (Lipinski definition) is 5. The molecule has 6 heteroatoms. The van der Waals surface area contributed by atoms with Gasteiger partial charge in [-0.05, 0) is 0 Å². The van der Waals surface area contributed by atoms with Gasteiger partial charge in [0.05, 0.1) is 0 Å². The molecule has 0 aliphatic carbocycles. The van der Waals surface area contributed by atoms with Crippen LogP contribution >= 0.6 is 7.28 Å². The van der Waals surface area contributed by atoms with Gasteiger partial charge in [-0.1, -0.05) is 86.0 Å². The van der Waals surface area contributed by atoms with Gasteiger partial charge >= 0.3 is 405 Å². The van der Waals surface area contributed by atoms with E-state index in [-0.39, 0.29) is 6.16 Å². The number of aliphatic hydroxyl groups excluding tert-OH is 2. The van der Waals surface area contributed by atoms with Crippen LogP contribution in [-0.2, 0) is 44.9 Å². The molecule has 0 amide bonds. The summed E-state index contributed by atoms with van der Waals surface area (Å²) in [4.78, 5) is 38.8. The summed E-state index contributed by atoms with van der Waals surface area (Å²) in [6, 6.07) is 18.4. The minimum absolute atomic E-state index is 0.0389. The maximum absolute atomic E-state index is 12.9. The van der Waals surface area contributed by atoms with Crippen molar-refractivity contribution < 1.29 is 24.9 Å². The van der Waals surface area contributed by atoms with Gasteiger partial charge in [0.25, 0.3) is 0 Å². The predicted molar refractivity (Wildman–Crippen MR) is 348 cm³/mol. The molecular weight excluding hydrogens is 988 g/mol. The zero-order valence-corrected chi connectivity index (χ0v) is 53.7. The molecule has 5 N–H and O–H groups in total. The van der Waals surface area contributed by atoms with Gasteiger partial charge in [-0.3, -0.25) is 0 Å². The molecule has 3 aromatic carbocycles. The van der Waals surface area contributed by atoms with Crippen LogP contribution in [0.3, 0.4) is 0 Å². The van der Waals surface area contributed by atoms with Gasteiger partial charge in [-0.2, -0.15) is 0 Å². The average Bonchev–Trinajstić information content (AvgIpc) is 3.39. The van der Waals surface area contributed by atoms with Crippen molar-refractivity contribution in [3.05, 3.63) is 98.6 Å². The summed E-state index contributed by atoms with van der Waals surface area (Å²) in [5.74, 6) is 0.575. The van der Waals surface area contributed by atoms with E-state index in [9.17, 15) is 24.9 Å². The van der Waals surface area contributed by atoms with Crippen LogP contribution in [0.1, 0.15) is 336 Å². The predicted octanol–water partition coefficient (Wildman–Crippen LogP) is 20.4. The van der Waals surface area contributed by atoms with Crippen molar-refractivity contribution in [3.63, 3.8) is 0 Å². The standard InChI is InChI=1S/C73H127O5P/c1-8-13-18-23-26-31-36-43-62-49-65(53-67(51-62)59-71(74)46-39-29-21-16-11-4)57-69-55-64(45-38-33-28-25-20-15-10-3)56-70(73(69)79(76,77,78)48-41-34-35-42-61(6)7)58-66-50-63(44-37-32-27-24-19-14-9-2)52-68(54-66)60-72(75)47-40-30-22-17-12-5/h49-56,61,71-72,74-78H,8-48,57-60H2,1-7H3. The molecule has 0 aliphatic heterocycles. The normalized spacial score (nSPS) is 13.4. The Kier molecular flexibility index (Phi) is 38.4. The zero-order valence-electron chi connectivity index (χ0n) is 52.9. The van der Waals surface area contributed by atoms with Crippen molar-refractivity contribution in [1.29, 1.82) is 0 Å². The van der Waals surface area contributed by atoms with Gasteiger partial charge in [0, 0.05) is 0 Å². The van der Waals surface area contributed by atoms with Crippen molar-refractivity contribution in [2.45, 2.75) is 343 Å². The minimum atomic E-state index is -5.47. The van der Waals surface area contributed by atoms with Gasteiger partial charge in [0.2, 0.25) is 0 Å². The number of benzene rings is 3. The summed E-state index contributed by atoms with van der Waals surface area (Å²) < 4.78 is 0. The summed E-state index contributed by atoms with van der Waals surface area (Å²) in [6.07, 6.45) is 47.2. The first-order valence-electron chi connectivity index (χ1n) is 34.2. The molecule has 0 aliphatic rings. The second-order valence-electron chi connectivity index (χ2n) is 25.8. The maximum atomic E-state index is 12.9. The molecule has 0 radical (unpaired) electrons. The van der Waals surface area contributed by atoms with Crippen LogP contribution in [0.2, 0.25) is 0 Å². The molecule has 0 aromatic heterocycles. The molecule has 3 aromatic rings. The summed E-state index contributed by atoms with van der Waals surface area (Å²) in [5, 5.41) is 23.4. The Morgan fingerprint density at radius 3 is 0.949 bits per heavy atom. The Balaban J connectivity index is 2.23. The van der Waals surface area contributed by atoms with E-state index in [1.54, 1.807) is 0 Å². The zero-order chi connectivity index (χ0) is 57.4. The fourth-order valence-electron chi connectivity index (χ4n) is 12.5. The summed E-state index contributed by atoms with van der Waals surface area (Å²) in [6.45, 7) is 15.8. The Morgan fingerprint density at radius 1 is 0.316 bits per heavy atom. The van der Waals surface area contributed by atoms with E-state index in [1.807, 2.05) is 0 Å². The summed E-state index contributed by atoms with van der Waals surface area (Å²) in [5.41, 5.74) is 10.1. The van der Waals surface area contributed by atoms with E-state index >= 15 is 0 Å². The van der Waals surface area contributed by atoms with Crippen LogP contribution < -0.4 is 5.30 Å². The first-order valence-corrected chi connectivity index (χ1v) is 36.5. The molecule has 454 valence electrons. The molecule has 3 rings (SSSR count). The number of rotatable bonds is 51. The third-order valence-corrected chi connectivity index (χ3v) is 19.7. The third-order valence-electron chi connectivity index (χ3n) is 17.1. The van der Waals surface area contributed by atoms with Gasteiger partial charge in [0.15, 0.2) is 0 Å². The fraction of sp³-hybridized carbons (Fsp3) is 0.753. The first kappa shape index (κ1) is 71.2. The SMILES string of the molecule is CCCCCCCCCc1cc(Cc2cc(CCCCCCCCC)cc(Cc3cc(CCCCCCCCC)cc(CC(O)CCCCCCC)c3)c2P(O)(O)(O)CCCCCC(C)C)cc(CC(O)CCCCCCC)c1. The van der Waals surface area contributed by atoms with E-state index in [0.29, 0.717) is 43.3 Å². The molecule has 0 fully saturated rings. The van der Waals surface area contributed by atoms with Crippen LogP contribution in [0, 0.1) is 5.92 Å². The monoisotopic (exact) mass is 1110 g/mol. The second-order valence-corrected chi connectivity index (χ2v) is 29.0. The first-order chi connectivity index (χ1) is 38.2. The Hall–Kier alpha value is -2.11. The van der Waals surface area contributed by atoms with Crippen molar-refractivity contribution in [3.8, 4) is 0 Å². The van der Waals surface area contributed by atoms with Crippen molar-refractivity contribution in [1.82, 2.24) is 0 Å². The van der Waals surface area contributed by atoms with Crippen LogP contribution in [-0.4, -0.2) is 43.3 Å². The topological polar surface area (TPSA) is 101 Å². The van der Waals surface area contributed by atoms with Crippen LogP contribution in [0.4, 0.5) is 0 Å². The second kappa shape index (κ2) is 42.7. The Bertz CT molecular complexity index is 1870. The van der Waals surface area contributed by atoms with Crippen molar-refractivity contribution in [2.24, 2.45) is 5.92 Å². The van der Waals surface area contributed by atoms with E-state index in [0.717, 1.165) is 130 Å². The number of hydrogen-bond donors (Lipinski definition) is 5. The summed E-state index contributed by atoms with van der Waals surface area (Å²) >= 11 is 0. The average molecular weight is 1120 g/mol. The molecule has 5 nitrogen and oxygen atoms in total. The van der Waals surface area contributed by atoms with Crippen LogP contribution in [0.25, 0.3) is 0 Å². The van der Waals surface area contributed by atoms with Gasteiger partial charge in [-0.25, -0.2) is 0 Å². The molecular formula is C73H127O5P. The Labute approximate surface area is 489 Å². The van der Waals surface area contributed by atoms with E-state index in [1.165, 1.54) is 171 Å². The van der Waals surface area contributed by atoms with E-state index in [2.05, 4.69) is 97.0 Å². The molecule has 0 bridgehead atoms. The molecule has 79 heavy (non-hydrogen) atoms. The molecule has 0 heterocycles. The molecule has 0 saturated carbocycles. The molecule has 2 unspecified atom stereocenters. The van der Waals surface area contributed by atoms with Crippen LogP contribution in [0.15, 0.2) is 48.5 Å². The number of aliphatic hydroxyl groups is 2. The van der Waals surface area contributed by atoms with E-state index in [4.69, 9.17) is 0 Å². The molecule has 0 spiro atoms. The van der Waals surface area contributed by atoms with Crippen molar-refractivity contribution in [2.75, 3.05) is 6.16 Å². The Morgan fingerprint density at radius 2 is 0.595 bits per heavy atom. The van der Waals surface area contributed by atoms with Crippen molar-refractivity contribution >= 4 is 12.6 Å². The fourth-order valence-corrected chi connectivity index (χ4v) is 15.0. The van der Waals surface area contributed by atoms with Gasteiger partial charge < -0.3 is 0 Å². The number of aryl methyl sites for hydroxylation is 3.